The fourth-order valence-corrected chi connectivity index (χ4v) is 3.32. The molecule has 20 heavy (non-hydrogen) atoms. The van der Waals surface area contributed by atoms with Gasteiger partial charge in [-0.3, -0.25) is 4.79 Å². The molecule has 0 unspecified atom stereocenters. The average Bonchev–Trinajstić information content (AvgIpc) is 2.38. The highest BCUT2D eigenvalue weighted by molar-refractivity contribution is 9.11. The van der Waals surface area contributed by atoms with E-state index in [9.17, 15) is 4.79 Å². The Morgan fingerprint density at radius 1 is 1.05 bits per heavy atom. The van der Waals surface area contributed by atoms with Crippen LogP contribution in [0.1, 0.15) is 35.3 Å². The van der Waals surface area contributed by atoms with Crippen molar-refractivity contribution in [3.05, 3.63) is 68.1 Å². The fraction of sp³-hybridized carbons (Fsp3) is 0.235. The second kappa shape index (κ2) is 6.68. The summed E-state index contributed by atoms with van der Waals surface area (Å²) in [4.78, 5) is 12.5. The van der Waals surface area contributed by atoms with E-state index >= 15 is 0 Å². The van der Waals surface area contributed by atoms with Crippen LogP contribution >= 0.6 is 31.9 Å². The van der Waals surface area contributed by atoms with E-state index in [1.165, 1.54) is 5.56 Å². The Morgan fingerprint density at radius 3 is 2.25 bits per heavy atom. The molecule has 0 aromatic heterocycles. The number of halogens is 2. The summed E-state index contributed by atoms with van der Waals surface area (Å²) in [5, 5.41) is 0. The van der Waals surface area contributed by atoms with Gasteiger partial charge in [0, 0.05) is 20.1 Å². The van der Waals surface area contributed by atoms with Gasteiger partial charge in [0.25, 0.3) is 0 Å². The molecule has 0 bridgehead atoms. The molecule has 1 nitrogen and oxygen atoms in total. The predicted octanol–water partition coefficient (Wildman–Crippen LogP) is 5.64. The minimum atomic E-state index is 0.0421. The quantitative estimate of drug-likeness (QED) is 0.612. The van der Waals surface area contributed by atoms with Gasteiger partial charge in [0.05, 0.1) is 0 Å². The van der Waals surface area contributed by atoms with Gasteiger partial charge in [-0.25, -0.2) is 0 Å². The molecular weight excluding hydrogens is 380 g/mol. The fourth-order valence-electron chi connectivity index (χ4n) is 2.09. The van der Waals surface area contributed by atoms with Gasteiger partial charge in [-0.1, -0.05) is 54.0 Å². The lowest BCUT2D eigenvalue weighted by Gasteiger charge is -2.07. The zero-order chi connectivity index (χ0) is 14.7. The number of hydrogen-bond donors (Lipinski definition) is 0. The van der Waals surface area contributed by atoms with Crippen LogP contribution in [0.25, 0.3) is 0 Å². The molecule has 0 N–H and O–H groups in total. The van der Waals surface area contributed by atoms with Crippen LogP contribution in [0.4, 0.5) is 0 Å². The number of hydrogen-bond acceptors (Lipinski definition) is 1. The van der Waals surface area contributed by atoms with E-state index in [1.54, 1.807) is 0 Å². The van der Waals surface area contributed by atoms with Gasteiger partial charge in [0.2, 0.25) is 0 Å². The van der Waals surface area contributed by atoms with Crippen molar-refractivity contribution < 1.29 is 4.79 Å². The standard InChI is InChI=1S/C17H16Br2O/c1-11(2)9-12-3-5-13(6-4-12)17(20)15-8-7-14(18)10-16(15)19/h3-8,10-11H,9H2,1-2H3. The minimum absolute atomic E-state index is 0.0421. The number of carbonyl (C=O) groups excluding carboxylic acids is 1. The van der Waals surface area contributed by atoms with Gasteiger partial charge in [-0.2, -0.15) is 0 Å². The van der Waals surface area contributed by atoms with Crippen molar-refractivity contribution in [3.8, 4) is 0 Å². The summed E-state index contributed by atoms with van der Waals surface area (Å²) in [6, 6.07) is 13.5. The van der Waals surface area contributed by atoms with E-state index in [-0.39, 0.29) is 5.78 Å². The monoisotopic (exact) mass is 394 g/mol. The molecule has 0 aliphatic carbocycles. The molecule has 0 heterocycles. The first-order chi connectivity index (χ1) is 9.47. The first-order valence-corrected chi connectivity index (χ1v) is 8.14. The van der Waals surface area contributed by atoms with Crippen molar-refractivity contribution in [2.45, 2.75) is 20.3 Å². The summed E-state index contributed by atoms with van der Waals surface area (Å²) in [7, 11) is 0. The zero-order valence-electron chi connectivity index (χ0n) is 11.5. The number of ketones is 1. The molecule has 0 atom stereocenters. The van der Waals surface area contributed by atoms with Crippen molar-refractivity contribution in [1.82, 2.24) is 0 Å². The minimum Gasteiger partial charge on any atom is -0.289 e. The Hall–Kier alpha value is -0.930. The van der Waals surface area contributed by atoms with Crippen LogP contribution in [0, 0.1) is 5.92 Å². The molecule has 2 rings (SSSR count). The SMILES string of the molecule is CC(C)Cc1ccc(C(=O)c2ccc(Br)cc2Br)cc1. The lowest BCUT2D eigenvalue weighted by atomic mass is 9.98. The van der Waals surface area contributed by atoms with E-state index in [0.29, 0.717) is 11.5 Å². The van der Waals surface area contributed by atoms with Crippen LogP contribution in [0.5, 0.6) is 0 Å². The smallest absolute Gasteiger partial charge is 0.194 e. The first kappa shape index (κ1) is 15.5. The third-order valence-electron chi connectivity index (χ3n) is 3.04. The second-order valence-corrected chi connectivity index (χ2v) is 7.02. The Kier molecular flexibility index (Phi) is 5.17. The predicted molar refractivity (Wildman–Crippen MR) is 90.3 cm³/mol. The van der Waals surface area contributed by atoms with Crippen molar-refractivity contribution in [2.24, 2.45) is 5.92 Å². The number of rotatable bonds is 4. The van der Waals surface area contributed by atoms with Gasteiger partial charge >= 0.3 is 0 Å². The van der Waals surface area contributed by atoms with Crippen LogP contribution in [0.2, 0.25) is 0 Å². The van der Waals surface area contributed by atoms with E-state index in [1.807, 2.05) is 42.5 Å². The molecule has 0 aliphatic heterocycles. The summed E-state index contributed by atoms with van der Waals surface area (Å²) < 4.78 is 1.76. The highest BCUT2D eigenvalue weighted by Crippen LogP contribution is 2.24. The average molecular weight is 396 g/mol. The highest BCUT2D eigenvalue weighted by Gasteiger charge is 2.12. The summed E-state index contributed by atoms with van der Waals surface area (Å²) in [5.41, 5.74) is 2.68. The molecule has 104 valence electrons. The highest BCUT2D eigenvalue weighted by atomic mass is 79.9. The van der Waals surface area contributed by atoms with Gasteiger partial charge in [0.15, 0.2) is 5.78 Å². The zero-order valence-corrected chi connectivity index (χ0v) is 14.7. The van der Waals surface area contributed by atoms with Crippen molar-refractivity contribution >= 4 is 37.6 Å². The topological polar surface area (TPSA) is 17.1 Å². The summed E-state index contributed by atoms with van der Waals surface area (Å²) in [6.45, 7) is 4.38. The maximum atomic E-state index is 12.5. The molecule has 0 aliphatic rings. The molecule has 0 spiro atoms. The Balaban J connectivity index is 2.25. The third kappa shape index (κ3) is 3.80. The van der Waals surface area contributed by atoms with Crippen LogP contribution < -0.4 is 0 Å². The molecule has 0 saturated heterocycles. The van der Waals surface area contributed by atoms with Crippen LogP contribution in [0.3, 0.4) is 0 Å². The Morgan fingerprint density at radius 2 is 1.70 bits per heavy atom. The molecule has 0 amide bonds. The maximum absolute atomic E-state index is 12.5. The van der Waals surface area contributed by atoms with Gasteiger partial charge in [-0.15, -0.1) is 0 Å². The lowest BCUT2D eigenvalue weighted by molar-refractivity contribution is 0.103. The summed E-state index contributed by atoms with van der Waals surface area (Å²) >= 11 is 6.83. The number of carbonyl (C=O) groups is 1. The van der Waals surface area contributed by atoms with Gasteiger partial charge in [0.1, 0.15) is 0 Å². The first-order valence-electron chi connectivity index (χ1n) is 6.56. The van der Waals surface area contributed by atoms with Crippen molar-refractivity contribution in [2.75, 3.05) is 0 Å². The summed E-state index contributed by atoms with van der Waals surface area (Å²) in [5.74, 6) is 0.664. The Bertz CT molecular complexity index is 615. The van der Waals surface area contributed by atoms with E-state index in [0.717, 1.165) is 20.9 Å². The normalized spacial score (nSPS) is 10.8. The molecule has 2 aromatic carbocycles. The van der Waals surface area contributed by atoms with E-state index in [2.05, 4.69) is 45.7 Å². The molecular formula is C17H16Br2O. The largest absolute Gasteiger partial charge is 0.289 e. The van der Waals surface area contributed by atoms with E-state index < -0.39 is 0 Å². The second-order valence-electron chi connectivity index (χ2n) is 5.25. The molecule has 0 radical (unpaired) electrons. The molecule has 2 aromatic rings. The van der Waals surface area contributed by atoms with Gasteiger partial charge in [-0.05, 0) is 52.0 Å². The summed E-state index contributed by atoms with van der Waals surface area (Å²) in [6.07, 6.45) is 1.04. The van der Waals surface area contributed by atoms with Crippen molar-refractivity contribution in [1.29, 1.82) is 0 Å². The molecule has 3 heteroatoms. The molecule has 0 saturated carbocycles. The maximum Gasteiger partial charge on any atom is 0.194 e. The van der Waals surface area contributed by atoms with E-state index in [4.69, 9.17) is 0 Å². The van der Waals surface area contributed by atoms with Crippen LogP contribution in [-0.2, 0) is 6.42 Å². The van der Waals surface area contributed by atoms with Crippen molar-refractivity contribution in [3.63, 3.8) is 0 Å². The van der Waals surface area contributed by atoms with Gasteiger partial charge < -0.3 is 0 Å². The van der Waals surface area contributed by atoms with Crippen LogP contribution in [-0.4, -0.2) is 5.78 Å². The number of benzene rings is 2. The lowest BCUT2D eigenvalue weighted by Crippen LogP contribution is -2.03. The molecule has 0 fully saturated rings. The van der Waals surface area contributed by atoms with Crippen LogP contribution in [0.15, 0.2) is 51.4 Å². The Labute approximate surface area is 136 Å². The third-order valence-corrected chi connectivity index (χ3v) is 4.19.